The van der Waals surface area contributed by atoms with E-state index in [0.717, 1.165) is 6.42 Å². The maximum atomic E-state index is 11.8. The van der Waals surface area contributed by atoms with Gasteiger partial charge in [0.15, 0.2) is 5.82 Å². The number of carbonyl (C=O) groups is 1. The molecule has 0 spiro atoms. The smallest absolute Gasteiger partial charge is 0.328 e. The van der Waals surface area contributed by atoms with E-state index in [1.807, 2.05) is 13.8 Å². The minimum atomic E-state index is -0.216. The van der Waals surface area contributed by atoms with Gasteiger partial charge >= 0.3 is 6.01 Å². The van der Waals surface area contributed by atoms with E-state index in [4.69, 9.17) is 10.3 Å². The molecule has 3 N–H and O–H groups in total. The first-order valence-corrected chi connectivity index (χ1v) is 5.34. The van der Waals surface area contributed by atoms with E-state index in [9.17, 15) is 4.79 Å². The third kappa shape index (κ3) is 3.62. The number of amides is 1. The van der Waals surface area contributed by atoms with Crippen molar-refractivity contribution in [3.8, 4) is 0 Å². The first-order valence-electron chi connectivity index (χ1n) is 5.34. The fourth-order valence-electron chi connectivity index (χ4n) is 1.43. The van der Waals surface area contributed by atoms with E-state index >= 15 is 0 Å². The van der Waals surface area contributed by atoms with Crippen LogP contribution >= 0.6 is 0 Å². The maximum Gasteiger partial charge on any atom is 0.328 e. The molecule has 1 amide bonds. The van der Waals surface area contributed by atoms with Crippen molar-refractivity contribution in [2.24, 2.45) is 17.6 Å². The summed E-state index contributed by atoms with van der Waals surface area (Å²) >= 11 is 0. The zero-order valence-corrected chi connectivity index (χ0v) is 9.86. The highest BCUT2D eigenvalue weighted by molar-refractivity contribution is 5.90. The maximum absolute atomic E-state index is 11.8. The summed E-state index contributed by atoms with van der Waals surface area (Å²) in [6.07, 6.45) is 0.745. The summed E-state index contributed by atoms with van der Waals surface area (Å²) in [6, 6.07) is 0.129. The van der Waals surface area contributed by atoms with Crippen molar-refractivity contribution in [2.75, 3.05) is 11.9 Å². The molecule has 0 bridgehead atoms. The summed E-state index contributed by atoms with van der Waals surface area (Å²) in [7, 11) is 0. The lowest BCUT2D eigenvalue weighted by Crippen LogP contribution is -2.30. The van der Waals surface area contributed by atoms with Gasteiger partial charge in [0, 0.05) is 6.54 Å². The second kappa shape index (κ2) is 5.60. The Morgan fingerprint density at radius 1 is 1.56 bits per heavy atom. The molecule has 1 unspecified atom stereocenters. The van der Waals surface area contributed by atoms with Gasteiger partial charge < -0.3 is 10.3 Å². The highest BCUT2D eigenvalue weighted by Gasteiger charge is 2.19. The molecule has 0 aliphatic rings. The lowest BCUT2D eigenvalue weighted by Gasteiger charge is -2.14. The highest BCUT2D eigenvalue weighted by atomic mass is 16.5. The number of nitrogens with two attached hydrogens (primary N) is 1. The number of nitrogens with one attached hydrogen (secondary N) is 1. The number of nitrogens with zero attached hydrogens (tertiary/aromatic N) is 2. The van der Waals surface area contributed by atoms with Crippen molar-refractivity contribution in [3.05, 3.63) is 5.82 Å². The number of aryl methyl sites for hydroxylation is 1. The molecule has 1 aromatic heterocycles. The first-order chi connectivity index (χ1) is 7.52. The second-order valence-corrected chi connectivity index (χ2v) is 4.20. The van der Waals surface area contributed by atoms with Crippen LogP contribution in [0.25, 0.3) is 0 Å². The second-order valence-electron chi connectivity index (χ2n) is 4.20. The van der Waals surface area contributed by atoms with Gasteiger partial charge in [0.25, 0.3) is 0 Å². The third-order valence-electron chi connectivity index (χ3n) is 2.17. The molecular weight excluding hydrogens is 208 g/mol. The predicted octanol–water partition coefficient (Wildman–Crippen LogP) is 0.938. The molecule has 0 aliphatic heterocycles. The van der Waals surface area contributed by atoms with Crippen LogP contribution in [0.15, 0.2) is 4.52 Å². The minimum absolute atomic E-state index is 0.129. The molecule has 0 radical (unpaired) electrons. The largest absolute Gasteiger partial charge is 0.330 e. The van der Waals surface area contributed by atoms with Gasteiger partial charge in [-0.15, -0.1) is 0 Å². The Hall–Kier alpha value is -1.43. The Morgan fingerprint density at radius 2 is 2.25 bits per heavy atom. The number of carbonyl (C=O) groups excluding carboxylic acids is 1. The Balaban J connectivity index is 2.55. The van der Waals surface area contributed by atoms with Crippen LogP contribution in [-0.4, -0.2) is 22.6 Å². The molecule has 1 rings (SSSR count). The molecule has 0 saturated carbocycles. The fourth-order valence-corrected chi connectivity index (χ4v) is 1.43. The molecule has 6 nitrogen and oxygen atoms in total. The van der Waals surface area contributed by atoms with Crippen LogP contribution in [0.4, 0.5) is 6.01 Å². The van der Waals surface area contributed by atoms with Crippen LogP contribution in [0.2, 0.25) is 0 Å². The molecule has 0 saturated heterocycles. The molecule has 0 aliphatic carbocycles. The van der Waals surface area contributed by atoms with Crippen LogP contribution in [-0.2, 0) is 4.79 Å². The third-order valence-corrected chi connectivity index (χ3v) is 2.17. The Bertz CT molecular complexity index is 348. The van der Waals surface area contributed by atoms with Crippen molar-refractivity contribution in [3.63, 3.8) is 0 Å². The van der Waals surface area contributed by atoms with Gasteiger partial charge in [-0.05, 0) is 19.3 Å². The van der Waals surface area contributed by atoms with Crippen LogP contribution < -0.4 is 11.1 Å². The van der Waals surface area contributed by atoms with Gasteiger partial charge in [0.05, 0.1) is 5.92 Å². The molecule has 1 aromatic rings. The Labute approximate surface area is 94.6 Å². The molecule has 1 heterocycles. The Kier molecular flexibility index (Phi) is 4.42. The monoisotopic (exact) mass is 226 g/mol. The number of anilines is 1. The summed E-state index contributed by atoms with van der Waals surface area (Å²) in [4.78, 5) is 15.7. The summed E-state index contributed by atoms with van der Waals surface area (Å²) in [6.45, 7) is 6.10. The molecule has 90 valence electrons. The Morgan fingerprint density at radius 3 is 2.69 bits per heavy atom. The van der Waals surface area contributed by atoms with Gasteiger partial charge in [0.1, 0.15) is 0 Å². The standard InChI is InChI=1S/C10H18N4O2/c1-6(2)4-8(5-11)9(15)13-10-12-7(3)14-16-10/h6,8H,4-5,11H2,1-3H3,(H,12,13,14,15). The number of rotatable bonds is 5. The van der Waals surface area contributed by atoms with Gasteiger partial charge in [-0.2, -0.15) is 4.98 Å². The zero-order valence-electron chi connectivity index (χ0n) is 9.86. The van der Waals surface area contributed by atoms with Crippen LogP contribution in [0.5, 0.6) is 0 Å². The molecule has 0 aromatic carbocycles. The molecule has 6 heteroatoms. The zero-order chi connectivity index (χ0) is 12.1. The lowest BCUT2D eigenvalue weighted by atomic mass is 9.96. The van der Waals surface area contributed by atoms with Crippen LogP contribution in [0, 0.1) is 18.8 Å². The van der Waals surface area contributed by atoms with Gasteiger partial charge in [-0.1, -0.05) is 19.0 Å². The molecule has 16 heavy (non-hydrogen) atoms. The van der Waals surface area contributed by atoms with E-state index in [0.29, 0.717) is 18.3 Å². The summed E-state index contributed by atoms with van der Waals surface area (Å²) in [5, 5.41) is 6.14. The van der Waals surface area contributed by atoms with E-state index in [1.165, 1.54) is 0 Å². The fraction of sp³-hybridized carbons (Fsp3) is 0.700. The molecule has 0 fully saturated rings. The van der Waals surface area contributed by atoms with Gasteiger partial charge in [-0.25, -0.2) is 0 Å². The first kappa shape index (κ1) is 12.6. The topological polar surface area (TPSA) is 94.0 Å². The number of hydrogen-bond donors (Lipinski definition) is 2. The van der Waals surface area contributed by atoms with E-state index in [1.54, 1.807) is 6.92 Å². The van der Waals surface area contributed by atoms with E-state index in [-0.39, 0.29) is 17.8 Å². The van der Waals surface area contributed by atoms with Crippen molar-refractivity contribution in [1.29, 1.82) is 0 Å². The highest BCUT2D eigenvalue weighted by Crippen LogP contribution is 2.13. The SMILES string of the molecule is Cc1noc(NC(=O)C(CN)CC(C)C)n1. The van der Waals surface area contributed by atoms with Crippen molar-refractivity contribution < 1.29 is 9.32 Å². The van der Waals surface area contributed by atoms with Crippen molar-refractivity contribution >= 4 is 11.9 Å². The minimum Gasteiger partial charge on any atom is -0.330 e. The predicted molar refractivity (Wildman–Crippen MR) is 59.7 cm³/mol. The normalized spacial score (nSPS) is 12.8. The average molecular weight is 226 g/mol. The van der Waals surface area contributed by atoms with Crippen LogP contribution in [0.3, 0.4) is 0 Å². The van der Waals surface area contributed by atoms with Crippen LogP contribution in [0.1, 0.15) is 26.1 Å². The summed E-state index contributed by atoms with van der Waals surface area (Å²) in [5.74, 6) is 0.527. The van der Waals surface area contributed by atoms with Gasteiger partial charge in [0.2, 0.25) is 5.91 Å². The quantitative estimate of drug-likeness (QED) is 0.779. The molecular formula is C10H18N4O2. The number of aromatic nitrogens is 2. The van der Waals surface area contributed by atoms with E-state index in [2.05, 4.69) is 15.5 Å². The van der Waals surface area contributed by atoms with Crippen molar-refractivity contribution in [1.82, 2.24) is 10.1 Å². The molecule has 1 atom stereocenters. The average Bonchev–Trinajstić information content (AvgIpc) is 2.60. The number of hydrogen-bond acceptors (Lipinski definition) is 5. The summed E-state index contributed by atoms with van der Waals surface area (Å²) in [5.41, 5.74) is 5.55. The summed E-state index contributed by atoms with van der Waals surface area (Å²) < 4.78 is 4.80. The van der Waals surface area contributed by atoms with E-state index < -0.39 is 0 Å². The van der Waals surface area contributed by atoms with Gasteiger partial charge in [-0.3, -0.25) is 10.1 Å². The van der Waals surface area contributed by atoms with Crippen molar-refractivity contribution in [2.45, 2.75) is 27.2 Å². The lowest BCUT2D eigenvalue weighted by molar-refractivity contribution is -0.120.